The van der Waals surface area contributed by atoms with Crippen LogP contribution in [0.15, 0.2) is 9.98 Å². The van der Waals surface area contributed by atoms with Gasteiger partial charge in [-0.05, 0) is 40.6 Å². The molecule has 14 heavy (non-hydrogen) atoms. The molecule has 0 aliphatic heterocycles. The average Bonchev–Trinajstić information content (AvgIpc) is 2.63. The van der Waals surface area contributed by atoms with Gasteiger partial charge in [-0.1, -0.05) is 13.8 Å². The molecule has 0 spiro atoms. The lowest BCUT2D eigenvalue weighted by molar-refractivity contribution is 0.535. The fraction of sp³-hybridized carbons (Fsp3) is 0.700. The first-order valence-electron chi connectivity index (χ1n) is 5.02. The van der Waals surface area contributed by atoms with E-state index in [9.17, 15) is 0 Å². The monoisotopic (exact) mass is 274 g/mol. The maximum Gasteiger partial charge on any atom is 0.183 e. The Morgan fingerprint density at radius 2 is 2.50 bits per heavy atom. The molecule has 1 aliphatic carbocycles. The molecule has 1 aliphatic rings. The van der Waals surface area contributed by atoms with Crippen LogP contribution < -0.4 is 5.32 Å². The summed E-state index contributed by atoms with van der Waals surface area (Å²) in [7, 11) is 0. The van der Waals surface area contributed by atoms with Gasteiger partial charge in [-0.3, -0.25) is 0 Å². The van der Waals surface area contributed by atoms with E-state index in [1.165, 1.54) is 12.8 Å². The molecule has 0 saturated heterocycles. The van der Waals surface area contributed by atoms with Crippen molar-refractivity contribution in [3.05, 3.63) is 9.98 Å². The van der Waals surface area contributed by atoms with E-state index >= 15 is 0 Å². The number of rotatable bonds is 4. The first-order valence-corrected chi connectivity index (χ1v) is 6.70. The Morgan fingerprint density at radius 1 is 1.71 bits per heavy atom. The van der Waals surface area contributed by atoms with Crippen molar-refractivity contribution in [2.75, 3.05) is 5.32 Å². The molecule has 2 unspecified atom stereocenters. The van der Waals surface area contributed by atoms with Crippen LogP contribution in [-0.4, -0.2) is 11.0 Å². The van der Waals surface area contributed by atoms with Crippen molar-refractivity contribution < 1.29 is 0 Å². The lowest BCUT2D eigenvalue weighted by Gasteiger charge is -2.03. The van der Waals surface area contributed by atoms with Crippen molar-refractivity contribution in [3.8, 4) is 0 Å². The maximum absolute atomic E-state index is 4.33. The lowest BCUT2D eigenvalue weighted by atomic mass is 10.1. The van der Waals surface area contributed by atoms with Crippen LogP contribution in [0.1, 0.15) is 26.7 Å². The van der Waals surface area contributed by atoms with E-state index in [-0.39, 0.29) is 0 Å². The Morgan fingerprint density at radius 3 is 3.07 bits per heavy atom. The number of halogens is 1. The number of thiazole rings is 1. The highest BCUT2D eigenvalue weighted by Gasteiger charge is 2.37. The number of nitrogens with one attached hydrogen (secondary N) is 1. The molecule has 4 heteroatoms. The second kappa shape index (κ2) is 4.19. The van der Waals surface area contributed by atoms with Crippen molar-refractivity contribution in [3.63, 3.8) is 0 Å². The molecule has 0 amide bonds. The summed E-state index contributed by atoms with van der Waals surface area (Å²) in [5.41, 5.74) is 0. The number of anilines is 1. The molecule has 2 nitrogen and oxygen atoms in total. The van der Waals surface area contributed by atoms with Crippen LogP contribution in [0.3, 0.4) is 0 Å². The van der Waals surface area contributed by atoms with Crippen LogP contribution in [0.2, 0.25) is 0 Å². The van der Waals surface area contributed by atoms with Gasteiger partial charge in [-0.25, -0.2) is 4.98 Å². The Hall–Kier alpha value is -0.0900. The summed E-state index contributed by atoms with van der Waals surface area (Å²) in [4.78, 5) is 4.33. The van der Waals surface area contributed by atoms with Gasteiger partial charge < -0.3 is 5.32 Å². The molecule has 0 aromatic carbocycles. The van der Waals surface area contributed by atoms with E-state index in [1.54, 1.807) is 11.3 Å². The minimum absolute atomic E-state index is 0.676. The Balaban J connectivity index is 1.79. The molecule has 1 saturated carbocycles. The molecular formula is C10H15BrN2S. The van der Waals surface area contributed by atoms with Crippen molar-refractivity contribution in [1.29, 1.82) is 0 Å². The van der Waals surface area contributed by atoms with Gasteiger partial charge in [0.05, 0.1) is 0 Å². The molecule has 78 valence electrons. The normalized spacial score (nSPS) is 25.4. The summed E-state index contributed by atoms with van der Waals surface area (Å²) in [5, 5.41) is 6.53. The number of nitrogens with zero attached hydrogens (tertiary/aromatic N) is 1. The van der Waals surface area contributed by atoms with Crippen molar-refractivity contribution in [2.24, 2.45) is 11.8 Å². The Bertz CT molecular complexity index is 311. The van der Waals surface area contributed by atoms with Crippen LogP contribution in [-0.2, 0) is 0 Å². The minimum atomic E-state index is 0.676. The summed E-state index contributed by atoms with van der Waals surface area (Å²) in [5.74, 6) is 1.69. The number of hydrogen-bond donors (Lipinski definition) is 1. The average molecular weight is 275 g/mol. The van der Waals surface area contributed by atoms with Gasteiger partial charge in [0, 0.05) is 11.4 Å². The van der Waals surface area contributed by atoms with Gasteiger partial charge in [0.1, 0.15) is 4.60 Å². The molecule has 0 radical (unpaired) electrons. The second-order valence-corrected chi connectivity index (χ2v) is 6.02. The molecule has 2 atom stereocenters. The van der Waals surface area contributed by atoms with Crippen LogP contribution in [0.25, 0.3) is 0 Å². The predicted molar refractivity (Wildman–Crippen MR) is 64.8 cm³/mol. The predicted octanol–water partition coefficient (Wildman–Crippen LogP) is 3.75. The lowest BCUT2D eigenvalue weighted by Crippen LogP contribution is -2.05. The summed E-state index contributed by atoms with van der Waals surface area (Å²) in [6.07, 6.45) is 2.65. The standard InChI is InChI=1S/C10H15BrN2S/c1-6(2)3-7-4-8(7)12-10-13-9(11)5-14-10/h5-8H,3-4H2,1-2H3,(H,12,13). The molecule has 2 rings (SSSR count). The molecule has 1 fully saturated rings. The molecule has 1 aromatic rings. The van der Waals surface area contributed by atoms with E-state index in [0.29, 0.717) is 6.04 Å². The van der Waals surface area contributed by atoms with Crippen LogP contribution in [0.4, 0.5) is 5.13 Å². The highest BCUT2D eigenvalue weighted by atomic mass is 79.9. The van der Waals surface area contributed by atoms with E-state index in [2.05, 4.69) is 40.1 Å². The largest absolute Gasteiger partial charge is 0.358 e. The SMILES string of the molecule is CC(C)CC1CC1Nc1nc(Br)cs1. The number of aromatic nitrogens is 1. The third kappa shape index (κ3) is 2.70. The summed E-state index contributed by atoms with van der Waals surface area (Å²) >= 11 is 5.03. The zero-order valence-electron chi connectivity index (χ0n) is 8.46. The van der Waals surface area contributed by atoms with Crippen LogP contribution >= 0.6 is 27.3 Å². The minimum Gasteiger partial charge on any atom is -0.358 e. The molecule has 1 N–H and O–H groups in total. The summed E-state index contributed by atoms with van der Waals surface area (Å²) in [6.45, 7) is 4.57. The van der Waals surface area contributed by atoms with Gasteiger partial charge >= 0.3 is 0 Å². The van der Waals surface area contributed by atoms with Gasteiger partial charge in [0.25, 0.3) is 0 Å². The molecule has 1 heterocycles. The molecule has 0 bridgehead atoms. The quantitative estimate of drug-likeness (QED) is 0.905. The number of hydrogen-bond acceptors (Lipinski definition) is 3. The molecular weight excluding hydrogens is 260 g/mol. The van der Waals surface area contributed by atoms with E-state index in [4.69, 9.17) is 0 Å². The van der Waals surface area contributed by atoms with Gasteiger partial charge in [-0.15, -0.1) is 11.3 Å². The fourth-order valence-electron chi connectivity index (χ4n) is 1.77. The smallest absolute Gasteiger partial charge is 0.183 e. The topological polar surface area (TPSA) is 24.9 Å². The van der Waals surface area contributed by atoms with Gasteiger partial charge in [0.15, 0.2) is 5.13 Å². The van der Waals surface area contributed by atoms with E-state index < -0.39 is 0 Å². The maximum atomic E-state index is 4.33. The van der Waals surface area contributed by atoms with Gasteiger partial charge in [0.2, 0.25) is 0 Å². The van der Waals surface area contributed by atoms with Crippen molar-refractivity contribution in [1.82, 2.24) is 4.98 Å². The highest BCUT2D eigenvalue weighted by molar-refractivity contribution is 9.10. The van der Waals surface area contributed by atoms with Crippen molar-refractivity contribution in [2.45, 2.75) is 32.7 Å². The molecule has 1 aromatic heterocycles. The van der Waals surface area contributed by atoms with E-state index in [1.807, 2.05) is 5.38 Å². The Labute approximate surface area is 97.3 Å². The van der Waals surface area contributed by atoms with Crippen LogP contribution in [0.5, 0.6) is 0 Å². The fourth-order valence-corrected chi connectivity index (χ4v) is 2.98. The third-order valence-electron chi connectivity index (χ3n) is 2.48. The first-order chi connectivity index (χ1) is 6.65. The van der Waals surface area contributed by atoms with Gasteiger partial charge in [-0.2, -0.15) is 0 Å². The highest BCUT2D eigenvalue weighted by Crippen LogP contribution is 2.39. The second-order valence-electron chi connectivity index (χ2n) is 4.35. The Kier molecular flexibility index (Phi) is 3.12. The third-order valence-corrected chi connectivity index (χ3v) is 3.96. The summed E-state index contributed by atoms with van der Waals surface area (Å²) in [6, 6.07) is 0.676. The zero-order valence-corrected chi connectivity index (χ0v) is 10.9. The first kappa shape index (κ1) is 10.4. The van der Waals surface area contributed by atoms with Crippen molar-refractivity contribution >= 4 is 32.4 Å². The summed E-state index contributed by atoms with van der Waals surface area (Å²) < 4.78 is 0.936. The van der Waals surface area contributed by atoms with E-state index in [0.717, 1.165) is 21.6 Å². The zero-order chi connectivity index (χ0) is 10.1. The van der Waals surface area contributed by atoms with Crippen LogP contribution in [0, 0.1) is 11.8 Å².